The van der Waals surface area contributed by atoms with Crippen LogP contribution in [0.3, 0.4) is 0 Å². The first-order valence-electron chi connectivity index (χ1n) is 10.1. The molecule has 7 heteroatoms. The predicted molar refractivity (Wildman–Crippen MR) is 130 cm³/mol. The molecule has 5 aromatic rings. The minimum Gasteiger partial charge on any atom is -0.497 e. The van der Waals surface area contributed by atoms with Crippen molar-refractivity contribution in [2.24, 2.45) is 0 Å². The summed E-state index contributed by atoms with van der Waals surface area (Å²) < 4.78 is 5.29. The molecular formula is C25H20N4O2S. The number of nitrogens with zero attached hydrogens (tertiary/aromatic N) is 2. The van der Waals surface area contributed by atoms with Crippen molar-refractivity contribution >= 4 is 50.4 Å². The summed E-state index contributed by atoms with van der Waals surface area (Å²) in [4.78, 5) is 22.3. The van der Waals surface area contributed by atoms with Crippen LogP contribution in [0.4, 0.5) is 11.5 Å². The number of aromatic nitrogens is 2. The quantitative estimate of drug-likeness (QED) is 0.353. The molecule has 0 aliphatic heterocycles. The van der Waals surface area contributed by atoms with Crippen LogP contribution >= 0.6 is 11.3 Å². The molecule has 0 fully saturated rings. The average Bonchev–Trinajstić information content (AvgIpc) is 3.31. The lowest BCUT2D eigenvalue weighted by Gasteiger charge is -2.11. The van der Waals surface area contributed by atoms with Gasteiger partial charge >= 0.3 is 0 Å². The molecule has 0 bridgehead atoms. The molecule has 0 aliphatic rings. The van der Waals surface area contributed by atoms with Gasteiger partial charge in [-0.3, -0.25) is 9.78 Å². The van der Waals surface area contributed by atoms with E-state index >= 15 is 0 Å². The predicted octanol–water partition coefficient (Wildman–Crippen LogP) is 5.72. The number of benzene rings is 2. The number of methoxy groups -OCH3 is 1. The lowest BCUT2D eigenvalue weighted by Crippen LogP contribution is -2.13. The number of pyridine rings is 2. The Hall–Kier alpha value is -3.97. The van der Waals surface area contributed by atoms with E-state index in [0.717, 1.165) is 38.7 Å². The number of fused-ring (bicyclic) bond motifs is 2. The van der Waals surface area contributed by atoms with E-state index in [4.69, 9.17) is 4.74 Å². The number of amides is 1. The molecule has 32 heavy (non-hydrogen) atoms. The molecule has 2 N–H and O–H groups in total. The zero-order valence-corrected chi connectivity index (χ0v) is 18.1. The number of nitrogens with one attached hydrogen (secondary N) is 2. The second-order valence-corrected chi connectivity index (χ2v) is 8.16. The van der Waals surface area contributed by atoms with Crippen molar-refractivity contribution in [3.63, 3.8) is 0 Å². The summed E-state index contributed by atoms with van der Waals surface area (Å²) in [5.41, 5.74) is 2.74. The molecule has 0 saturated heterocycles. The minimum absolute atomic E-state index is 0.186. The number of hydrogen-bond acceptors (Lipinski definition) is 6. The molecule has 1 amide bonds. The SMILES string of the molecule is COc1ccc2c(CNc3ccsc3C(=O)Nc3cc4ccccc4cn3)ccnc2c1. The van der Waals surface area contributed by atoms with E-state index in [2.05, 4.69) is 20.6 Å². The fourth-order valence-corrected chi connectivity index (χ4v) is 4.37. The molecule has 2 aromatic carbocycles. The van der Waals surface area contributed by atoms with E-state index in [1.807, 2.05) is 66.0 Å². The highest BCUT2D eigenvalue weighted by Gasteiger charge is 2.15. The van der Waals surface area contributed by atoms with Gasteiger partial charge in [0.2, 0.25) is 0 Å². The highest BCUT2D eigenvalue weighted by Crippen LogP contribution is 2.27. The molecule has 0 atom stereocenters. The Morgan fingerprint density at radius 3 is 2.78 bits per heavy atom. The monoisotopic (exact) mass is 440 g/mol. The lowest BCUT2D eigenvalue weighted by molar-refractivity contribution is 0.103. The van der Waals surface area contributed by atoms with Gasteiger partial charge in [-0.15, -0.1) is 11.3 Å². The second-order valence-electron chi connectivity index (χ2n) is 7.24. The molecule has 0 spiro atoms. The van der Waals surface area contributed by atoms with Crippen molar-refractivity contribution in [2.45, 2.75) is 6.54 Å². The van der Waals surface area contributed by atoms with Gasteiger partial charge in [-0.1, -0.05) is 24.3 Å². The standard InChI is InChI=1S/C25H20N4O2S/c1-31-19-6-7-20-18(8-10-26-22(20)13-19)15-27-21-9-11-32-24(21)25(30)29-23-12-16-4-2-3-5-17(16)14-28-23/h2-14,27H,15H2,1H3,(H,28,29,30). The van der Waals surface area contributed by atoms with Crippen LogP contribution in [0.25, 0.3) is 21.7 Å². The molecule has 0 unspecified atom stereocenters. The van der Waals surface area contributed by atoms with Gasteiger partial charge in [-0.05, 0) is 46.7 Å². The van der Waals surface area contributed by atoms with Crippen LogP contribution in [0.1, 0.15) is 15.2 Å². The van der Waals surface area contributed by atoms with Crippen molar-refractivity contribution in [1.82, 2.24) is 9.97 Å². The topological polar surface area (TPSA) is 76.1 Å². The number of hydrogen-bond donors (Lipinski definition) is 2. The van der Waals surface area contributed by atoms with E-state index in [9.17, 15) is 4.79 Å². The summed E-state index contributed by atoms with van der Waals surface area (Å²) in [6, 6.07) is 19.5. The number of thiophene rings is 1. The number of carbonyl (C=O) groups excluding carboxylic acids is 1. The van der Waals surface area contributed by atoms with Crippen LogP contribution in [0.2, 0.25) is 0 Å². The third kappa shape index (κ3) is 3.98. The minimum atomic E-state index is -0.186. The van der Waals surface area contributed by atoms with Crippen molar-refractivity contribution in [1.29, 1.82) is 0 Å². The van der Waals surface area contributed by atoms with Crippen LogP contribution in [0.15, 0.2) is 78.4 Å². The first-order valence-corrected chi connectivity index (χ1v) is 11.0. The van der Waals surface area contributed by atoms with E-state index in [1.165, 1.54) is 11.3 Å². The number of ether oxygens (including phenoxy) is 1. The number of anilines is 2. The molecule has 0 radical (unpaired) electrons. The first-order chi connectivity index (χ1) is 15.7. The summed E-state index contributed by atoms with van der Waals surface area (Å²) in [7, 11) is 1.64. The summed E-state index contributed by atoms with van der Waals surface area (Å²) in [6.45, 7) is 0.566. The van der Waals surface area contributed by atoms with Gasteiger partial charge in [-0.25, -0.2) is 4.98 Å². The van der Waals surface area contributed by atoms with Gasteiger partial charge in [-0.2, -0.15) is 0 Å². The molecule has 0 saturated carbocycles. The van der Waals surface area contributed by atoms with E-state index in [0.29, 0.717) is 17.2 Å². The Morgan fingerprint density at radius 1 is 1.03 bits per heavy atom. The normalized spacial score (nSPS) is 10.9. The van der Waals surface area contributed by atoms with Crippen LogP contribution in [-0.4, -0.2) is 23.0 Å². The van der Waals surface area contributed by atoms with Crippen molar-refractivity contribution < 1.29 is 9.53 Å². The molecule has 3 aromatic heterocycles. The fourth-order valence-electron chi connectivity index (χ4n) is 3.61. The zero-order chi connectivity index (χ0) is 21.9. The van der Waals surface area contributed by atoms with Crippen molar-refractivity contribution in [3.05, 3.63) is 88.9 Å². The smallest absolute Gasteiger partial charge is 0.269 e. The van der Waals surface area contributed by atoms with E-state index in [-0.39, 0.29) is 5.91 Å². The Labute approximate surface area is 188 Å². The molecule has 0 aliphatic carbocycles. The van der Waals surface area contributed by atoms with Gasteiger partial charge in [0.05, 0.1) is 18.3 Å². The van der Waals surface area contributed by atoms with Crippen molar-refractivity contribution in [2.75, 3.05) is 17.7 Å². The average molecular weight is 441 g/mol. The third-order valence-electron chi connectivity index (χ3n) is 5.25. The first kappa shape index (κ1) is 20.0. The highest BCUT2D eigenvalue weighted by molar-refractivity contribution is 7.12. The lowest BCUT2D eigenvalue weighted by atomic mass is 10.1. The highest BCUT2D eigenvalue weighted by atomic mass is 32.1. The van der Waals surface area contributed by atoms with Gasteiger partial charge in [0.15, 0.2) is 0 Å². The maximum absolute atomic E-state index is 12.9. The van der Waals surface area contributed by atoms with Crippen LogP contribution in [-0.2, 0) is 6.54 Å². The molecule has 3 heterocycles. The summed E-state index contributed by atoms with van der Waals surface area (Å²) in [6.07, 6.45) is 3.55. The molecule has 6 nitrogen and oxygen atoms in total. The fraction of sp³-hybridized carbons (Fsp3) is 0.0800. The summed E-state index contributed by atoms with van der Waals surface area (Å²) >= 11 is 1.39. The Bertz CT molecular complexity index is 1430. The maximum Gasteiger partial charge on any atom is 0.269 e. The van der Waals surface area contributed by atoms with Gasteiger partial charge in [0.25, 0.3) is 5.91 Å². The summed E-state index contributed by atoms with van der Waals surface area (Å²) in [5.74, 6) is 1.12. The second kappa shape index (κ2) is 8.64. The van der Waals surface area contributed by atoms with E-state index < -0.39 is 0 Å². The van der Waals surface area contributed by atoms with Crippen molar-refractivity contribution in [3.8, 4) is 5.75 Å². The van der Waals surface area contributed by atoms with Crippen LogP contribution < -0.4 is 15.4 Å². The van der Waals surface area contributed by atoms with Crippen LogP contribution in [0, 0.1) is 0 Å². The van der Waals surface area contributed by atoms with Gasteiger partial charge in [0.1, 0.15) is 16.4 Å². The largest absolute Gasteiger partial charge is 0.497 e. The molecular weight excluding hydrogens is 420 g/mol. The molecule has 158 valence electrons. The zero-order valence-electron chi connectivity index (χ0n) is 17.3. The van der Waals surface area contributed by atoms with Gasteiger partial charge < -0.3 is 15.4 Å². The Balaban J connectivity index is 1.33. The maximum atomic E-state index is 12.9. The number of carbonyl (C=O) groups is 1. The van der Waals surface area contributed by atoms with Crippen LogP contribution in [0.5, 0.6) is 5.75 Å². The third-order valence-corrected chi connectivity index (χ3v) is 6.17. The van der Waals surface area contributed by atoms with E-state index in [1.54, 1.807) is 19.5 Å². The summed E-state index contributed by atoms with van der Waals surface area (Å²) in [5, 5.41) is 11.3. The Kier molecular flexibility index (Phi) is 5.39. The van der Waals surface area contributed by atoms with Gasteiger partial charge in [0, 0.05) is 35.8 Å². The molecule has 5 rings (SSSR count). The number of rotatable bonds is 6. The Morgan fingerprint density at radius 2 is 1.91 bits per heavy atom.